The first kappa shape index (κ1) is 23.2. The monoisotopic (exact) mass is 454 g/mol. The Bertz CT molecular complexity index is 1410. The van der Waals surface area contributed by atoms with Gasteiger partial charge in [-0.15, -0.1) is 0 Å². The van der Waals surface area contributed by atoms with E-state index in [4.69, 9.17) is 13.9 Å². The second-order valence-corrected chi connectivity index (χ2v) is 7.09. The summed E-state index contributed by atoms with van der Waals surface area (Å²) in [5.74, 6) is -5.13. The molecule has 0 fully saturated rings. The molecule has 10 nitrogen and oxygen atoms in total. The molecule has 3 rings (SSSR count). The molecule has 0 spiro atoms. The number of hydrogen-bond acceptors (Lipinski definition) is 10. The second kappa shape index (κ2) is 8.58. The Kier molecular flexibility index (Phi) is 6.03. The quantitative estimate of drug-likeness (QED) is 0.254. The average molecular weight is 454 g/mol. The zero-order chi connectivity index (χ0) is 24.6. The number of hydrogen-bond donors (Lipinski definition) is 2. The number of ketones is 2. The average Bonchev–Trinajstić information content (AvgIpc) is 2.67. The lowest BCUT2D eigenvalue weighted by Gasteiger charge is -2.16. The van der Waals surface area contributed by atoms with Gasteiger partial charge in [0, 0.05) is 25.5 Å². The van der Waals surface area contributed by atoms with Gasteiger partial charge in [-0.1, -0.05) is 0 Å². The van der Waals surface area contributed by atoms with E-state index in [2.05, 4.69) is 0 Å². The number of fused-ring (bicyclic) bond motifs is 1. The topological polar surface area (TPSA) is 157 Å². The highest BCUT2D eigenvalue weighted by molar-refractivity contribution is 6.09. The first-order valence-electron chi connectivity index (χ1n) is 9.51. The van der Waals surface area contributed by atoms with Crippen molar-refractivity contribution in [3.63, 3.8) is 0 Å². The van der Waals surface area contributed by atoms with Crippen molar-refractivity contribution >= 4 is 34.5 Å². The van der Waals surface area contributed by atoms with Crippen LogP contribution in [0.25, 0.3) is 22.3 Å². The van der Waals surface area contributed by atoms with Crippen LogP contribution < -0.4 is 14.9 Å². The van der Waals surface area contributed by atoms with E-state index in [-0.39, 0.29) is 33.6 Å². The molecule has 0 aliphatic heterocycles. The van der Waals surface area contributed by atoms with Crippen LogP contribution in [-0.2, 0) is 9.59 Å². The van der Waals surface area contributed by atoms with Gasteiger partial charge < -0.3 is 24.1 Å². The SMILES string of the molecule is CC(=O)Oc1cc2oc(-c3ccc(O)c(O)c3)c(C(C)=O)c(=O)c2c(OC(C)=O)c1C(C)=O. The number of carbonyl (C=O) groups is 4. The summed E-state index contributed by atoms with van der Waals surface area (Å²) in [7, 11) is 0. The van der Waals surface area contributed by atoms with Gasteiger partial charge in [-0.2, -0.15) is 0 Å². The van der Waals surface area contributed by atoms with Gasteiger partial charge in [-0.3, -0.25) is 24.0 Å². The molecule has 0 bridgehead atoms. The van der Waals surface area contributed by atoms with E-state index in [9.17, 15) is 34.2 Å². The molecule has 2 aromatic carbocycles. The molecule has 0 atom stereocenters. The van der Waals surface area contributed by atoms with Gasteiger partial charge in [0.25, 0.3) is 0 Å². The molecule has 1 heterocycles. The third-order valence-electron chi connectivity index (χ3n) is 4.54. The number of rotatable bonds is 5. The van der Waals surface area contributed by atoms with Crippen LogP contribution in [0.3, 0.4) is 0 Å². The minimum absolute atomic E-state index is 0.0771. The normalized spacial score (nSPS) is 10.7. The van der Waals surface area contributed by atoms with Crippen LogP contribution in [-0.4, -0.2) is 33.7 Å². The van der Waals surface area contributed by atoms with Gasteiger partial charge in [-0.05, 0) is 32.0 Å². The largest absolute Gasteiger partial charge is 0.504 e. The molecular weight excluding hydrogens is 436 g/mol. The van der Waals surface area contributed by atoms with Gasteiger partial charge in [0.05, 0.1) is 0 Å². The molecular formula is C23H18O10. The summed E-state index contributed by atoms with van der Waals surface area (Å²) in [5, 5.41) is 19.0. The minimum Gasteiger partial charge on any atom is -0.504 e. The molecule has 0 radical (unpaired) electrons. The van der Waals surface area contributed by atoms with Gasteiger partial charge in [0.1, 0.15) is 33.6 Å². The Morgan fingerprint density at radius 3 is 1.94 bits per heavy atom. The van der Waals surface area contributed by atoms with Gasteiger partial charge in [-0.25, -0.2) is 0 Å². The lowest BCUT2D eigenvalue weighted by Crippen LogP contribution is -2.19. The summed E-state index contributed by atoms with van der Waals surface area (Å²) in [6.45, 7) is 4.34. The summed E-state index contributed by atoms with van der Waals surface area (Å²) in [6, 6.07) is 4.60. The summed E-state index contributed by atoms with van der Waals surface area (Å²) >= 11 is 0. The van der Waals surface area contributed by atoms with Crippen LogP contribution in [0, 0.1) is 0 Å². The Hall–Kier alpha value is -4.47. The molecule has 33 heavy (non-hydrogen) atoms. The maximum Gasteiger partial charge on any atom is 0.308 e. The van der Waals surface area contributed by atoms with Crippen LogP contribution in [0.5, 0.6) is 23.0 Å². The summed E-state index contributed by atoms with van der Waals surface area (Å²) in [5.41, 5.74) is -1.90. The van der Waals surface area contributed by atoms with Crippen molar-refractivity contribution in [2.75, 3.05) is 0 Å². The second-order valence-electron chi connectivity index (χ2n) is 7.09. The number of carbonyl (C=O) groups excluding carboxylic acids is 4. The Morgan fingerprint density at radius 2 is 1.42 bits per heavy atom. The highest BCUT2D eigenvalue weighted by atomic mass is 16.5. The fraction of sp³-hybridized carbons (Fsp3) is 0.174. The summed E-state index contributed by atoms with van der Waals surface area (Å²) in [6.07, 6.45) is 0. The van der Waals surface area contributed by atoms with Gasteiger partial charge in [0.2, 0.25) is 5.43 Å². The van der Waals surface area contributed by atoms with E-state index in [1.807, 2.05) is 0 Å². The summed E-state index contributed by atoms with van der Waals surface area (Å²) < 4.78 is 16.0. The van der Waals surface area contributed by atoms with E-state index in [1.165, 1.54) is 6.07 Å². The third kappa shape index (κ3) is 4.31. The number of phenols is 2. The number of ether oxygens (including phenoxy) is 2. The zero-order valence-corrected chi connectivity index (χ0v) is 18.0. The first-order chi connectivity index (χ1) is 15.4. The Balaban J connectivity index is 2.56. The van der Waals surface area contributed by atoms with E-state index < -0.39 is 51.7 Å². The third-order valence-corrected chi connectivity index (χ3v) is 4.54. The lowest BCUT2D eigenvalue weighted by atomic mass is 9.99. The smallest absolute Gasteiger partial charge is 0.308 e. The van der Waals surface area contributed by atoms with Crippen molar-refractivity contribution in [3.05, 3.63) is 45.6 Å². The maximum absolute atomic E-state index is 13.4. The number of Topliss-reactive ketones (excluding diaryl/α,β-unsaturated/α-hetero) is 2. The molecule has 0 unspecified atom stereocenters. The van der Waals surface area contributed by atoms with E-state index in [0.717, 1.165) is 45.9 Å². The molecule has 0 saturated heterocycles. The Labute approximate surface area is 186 Å². The molecule has 170 valence electrons. The van der Waals surface area contributed by atoms with Crippen molar-refractivity contribution in [1.82, 2.24) is 0 Å². The fourth-order valence-electron chi connectivity index (χ4n) is 3.30. The molecule has 2 N–H and O–H groups in total. The van der Waals surface area contributed by atoms with Crippen LogP contribution in [0.4, 0.5) is 0 Å². The highest BCUT2D eigenvalue weighted by Crippen LogP contribution is 2.40. The molecule has 0 aliphatic carbocycles. The number of aromatic hydroxyl groups is 2. The van der Waals surface area contributed by atoms with E-state index >= 15 is 0 Å². The van der Waals surface area contributed by atoms with Crippen LogP contribution >= 0.6 is 0 Å². The van der Waals surface area contributed by atoms with Crippen LogP contribution in [0.2, 0.25) is 0 Å². The lowest BCUT2D eigenvalue weighted by molar-refractivity contribution is -0.132. The van der Waals surface area contributed by atoms with Crippen molar-refractivity contribution in [3.8, 4) is 34.3 Å². The number of phenolic OH excluding ortho intramolecular Hbond substituents is 2. The minimum atomic E-state index is -0.917. The number of benzene rings is 2. The van der Waals surface area contributed by atoms with Crippen molar-refractivity contribution in [1.29, 1.82) is 0 Å². The predicted molar refractivity (Wildman–Crippen MR) is 114 cm³/mol. The molecule has 0 amide bonds. The fourth-order valence-corrected chi connectivity index (χ4v) is 3.30. The van der Waals surface area contributed by atoms with Crippen LogP contribution in [0.15, 0.2) is 33.5 Å². The first-order valence-corrected chi connectivity index (χ1v) is 9.51. The maximum atomic E-state index is 13.4. The molecule has 10 heteroatoms. The van der Waals surface area contributed by atoms with Gasteiger partial charge in [0.15, 0.2) is 28.8 Å². The molecule has 3 aromatic rings. The highest BCUT2D eigenvalue weighted by Gasteiger charge is 2.29. The zero-order valence-electron chi connectivity index (χ0n) is 18.0. The molecule has 0 aliphatic rings. The standard InChI is InChI=1S/C23H18O10/c1-9(24)18-16(31-11(3)26)8-17-20(23(18)32-12(4)27)21(30)19(10(2)25)22(33-17)13-5-6-14(28)15(29)7-13/h5-8,28-29H,1-4H3. The van der Waals surface area contributed by atoms with Crippen molar-refractivity contribution < 1.29 is 43.3 Å². The number of esters is 2. The predicted octanol–water partition coefficient (Wildman–Crippen LogP) is 3.13. The molecule has 1 aromatic heterocycles. The van der Waals surface area contributed by atoms with Crippen molar-refractivity contribution in [2.24, 2.45) is 0 Å². The van der Waals surface area contributed by atoms with Crippen LogP contribution in [0.1, 0.15) is 48.4 Å². The molecule has 0 saturated carbocycles. The van der Waals surface area contributed by atoms with E-state index in [1.54, 1.807) is 0 Å². The van der Waals surface area contributed by atoms with Gasteiger partial charge >= 0.3 is 11.9 Å². The summed E-state index contributed by atoms with van der Waals surface area (Å²) in [4.78, 5) is 61.5. The Morgan fingerprint density at radius 1 is 0.818 bits per heavy atom. The van der Waals surface area contributed by atoms with Crippen molar-refractivity contribution in [2.45, 2.75) is 27.7 Å². The van der Waals surface area contributed by atoms with E-state index in [0.29, 0.717) is 0 Å².